The van der Waals surface area contributed by atoms with Crippen LogP contribution in [-0.4, -0.2) is 12.5 Å². The Balaban J connectivity index is 1.90. The number of carbonyl (C=O) groups excluding carboxylic acids is 1. The van der Waals surface area contributed by atoms with Crippen LogP contribution in [0.2, 0.25) is 0 Å². The highest BCUT2D eigenvalue weighted by Crippen LogP contribution is 2.23. The summed E-state index contributed by atoms with van der Waals surface area (Å²) < 4.78 is 7.42. The Morgan fingerprint density at radius 2 is 1.95 bits per heavy atom. The summed E-state index contributed by atoms with van der Waals surface area (Å²) in [4.78, 5) is 11.8. The van der Waals surface area contributed by atoms with Gasteiger partial charge >= 0.3 is 0 Å². The fraction of sp³-hybridized carbons (Fsp3) is 0.133. The highest BCUT2D eigenvalue weighted by atomic mass is 127. The molecular formula is C15H13BrINO2. The molecule has 2 rings (SSSR count). The number of benzene rings is 2. The van der Waals surface area contributed by atoms with E-state index in [0.29, 0.717) is 5.75 Å². The lowest BCUT2D eigenvalue weighted by Gasteiger charge is -2.09. The van der Waals surface area contributed by atoms with Crippen LogP contribution in [0.25, 0.3) is 0 Å². The molecule has 5 heteroatoms. The predicted molar refractivity (Wildman–Crippen MR) is 92.2 cm³/mol. The number of hydrogen-bond donors (Lipinski definition) is 1. The van der Waals surface area contributed by atoms with Gasteiger partial charge < -0.3 is 10.1 Å². The molecule has 1 amide bonds. The fourth-order valence-electron chi connectivity index (χ4n) is 1.59. The summed E-state index contributed by atoms with van der Waals surface area (Å²) in [5, 5.41) is 2.81. The third-order valence-corrected chi connectivity index (χ3v) is 3.96. The molecule has 0 aliphatic carbocycles. The Labute approximate surface area is 140 Å². The summed E-state index contributed by atoms with van der Waals surface area (Å²) in [5.41, 5.74) is 1.87. The maximum Gasteiger partial charge on any atom is 0.262 e. The van der Waals surface area contributed by atoms with Crippen molar-refractivity contribution < 1.29 is 9.53 Å². The van der Waals surface area contributed by atoms with Gasteiger partial charge in [0.25, 0.3) is 5.91 Å². The predicted octanol–water partition coefficient (Wildman–Crippen LogP) is 4.38. The van der Waals surface area contributed by atoms with E-state index in [-0.39, 0.29) is 12.5 Å². The van der Waals surface area contributed by atoms with Crippen molar-refractivity contribution in [3.8, 4) is 5.75 Å². The highest BCUT2D eigenvalue weighted by Gasteiger charge is 2.06. The molecule has 0 radical (unpaired) electrons. The summed E-state index contributed by atoms with van der Waals surface area (Å²) in [6, 6.07) is 13.3. The molecule has 0 saturated carbocycles. The average molecular weight is 446 g/mol. The van der Waals surface area contributed by atoms with Gasteiger partial charge in [-0.1, -0.05) is 6.07 Å². The molecule has 0 aliphatic rings. The maximum atomic E-state index is 11.8. The minimum absolute atomic E-state index is 0.0130. The molecule has 0 spiro atoms. The van der Waals surface area contributed by atoms with Crippen LogP contribution >= 0.6 is 38.5 Å². The van der Waals surface area contributed by atoms with E-state index in [1.54, 1.807) is 0 Å². The summed E-state index contributed by atoms with van der Waals surface area (Å²) in [6.07, 6.45) is 0. The largest absolute Gasteiger partial charge is 0.484 e. The van der Waals surface area contributed by atoms with Gasteiger partial charge in [0.1, 0.15) is 5.75 Å². The second kappa shape index (κ2) is 7.08. The number of ether oxygens (including phenoxy) is 1. The average Bonchev–Trinajstić information content (AvgIpc) is 2.41. The zero-order chi connectivity index (χ0) is 14.5. The van der Waals surface area contributed by atoms with Crippen LogP contribution in [0.3, 0.4) is 0 Å². The van der Waals surface area contributed by atoms with Gasteiger partial charge in [0.05, 0.1) is 5.69 Å². The molecule has 0 heterocycles. The molecule has 3 nitrogen and oxygen atoms in total. The quantitative estimate of drug-likeness (QED) is 0.709. The first-order valence-electron chi connectivity index (χ1n) is 5.99. The Hall–Kier alpha value is -1.08. The molecule has 2 aromatic carbocycles. The van der Waals surface area contributed by atoms with Crippen LogP contribution in [0, 0.1) is 10.5 Å². The zero-order valence-corrected chi connectivity index (χ0v) is 14.6. The van der Waals surface area contributed by atoms with Crippen LogP contribution in [0.1, 0.15) is 5.56 Å². The molecule has 0 atom stereocenters. The van der Waals surface area contributed by atoms with Gasteiger partial charge in [-0.15, -0.1) is 0 Å². The normalized spacial score (nSPS) is 10.2. The molecule has 0 aliphatic heterocycles. The van der Waals surface area contributed by atoms with E-state index in [2.05, 4.69) is 43.8 Å². The molecule has 0 fully saturated rings. The number of carbonyl (C=O) groups is 1. The van der Waals surface area contributed by atoms with E-state index >= 15 is 0 Å². The summed E-state index contributed by atoms with van der Waals surface area (Å²) in [6.45, 7) is 1.98. The minimum Gasteiger partial charge on any atom is -0.484 e. The highest BCUT2D eigenvalue weighted by molar-refractivity contribution is 14.1. The number of anilines is 1. The first-order valence-corrected chi connectivity index (χ1v) is 7.86. The van der Waals surface area contributed by atoms with Crippen LogP contribution < -0.4 is 10.1 Å². The van der Waals surface area contributed by atoms with Gasteiger partial charge in [-0.25, -0.2) is 0 Å². The first-order chi connectivity index (χ1) is 9.54. The number of halogens is 2. The molecule has 1 N–H and O–H groups in total. The van der Waals surface area contributed by atoms with Crippen molar-refractivity contribution in [2.75, 3.05) is 11.9 Å². The molecule has 20 heavy (non-hydrogen) atoms. The lowest BCUT2D eigenvalue weighted by Crippen LogP contribution is -2.20. The fourth-order valence-corrected chi connectivity index (χ4v) is 2.54. The van der Waals surface area contributed by atoms with E-state index in [9.17, 15) is 4.79 Å². The monoisotopic (exact) mass is 445 g/mol. The summed E-state index contributed by atoms with van der Waals surface area (Å²) >= 11 is 5.64. The standard InChI is InChI=1S/C15H13BrINO2/c1-10-2-7-14(13(16)8-10)18-15(19)9-20-12-5-3-11(17)4-6-12/h2-8H,9H2,1H3,(H,18,19). The van der Waals surface area contributed by atoms with Crippen molar-refractivity contribution in [2.24, 2.45) is 0 Å². The van der Waals surface area contributed by atoms with Crippen molar-refractivity contribution in [1.29, 1.82) is 0 Å². The molecule has 0 saturated heterocycles. The van der Waals surface area contributed by atoms with Crippen LogP contribution in [0.5, 0.6) is 5.75 Å². The van der Waals surface area contributed by atoms with E-state index < -0.39 is 0 Å². The van der Waals surface area contributed by atoms with Gasteiger partial charge in [-0.05, 0) is 87.4 Å². The van der Waals surface area contributed by atoms with Gasteiger partial charge in [0.15, 0.2) is 6.61 Å². The van der Waals surface area contributed by atoms with Gasteiger partial charge in [0, 0.05) is 8.04 Å². The molecular weight excluding hydrogens is 433 g/mol. The third-order valence-electron chi connectivity index (χ3n) is 2.58. The molecule has 0 bridgehead atoms. The van der Waals surface area contributed by atoms with E-state index in [1.165, 1.54) is 0 Å². The van der Waals surface area contributed by atoms with Crippen LogP contribution in [0.15, 0.2) is 46.9 Å². The molecule has 104 valence electrons. The number of aryl methyl sites for hydroxylation is 1. The van der Waals surface area contributed by atoms with Gasteiger partial charge in [-0.3, -0.25) is 4.79 Å². The Bertz CT molecular complexity index is 614. The smallest absolute Gasteiger partial charge is 0.262 e. The van der Waals surface area contributed by atoms with Crippen molar-refractivity contribution in [1.82, 2.24) is 0 Å². The number of rotatable bonds is 4. The summed E-state index contributed by atoms with van der Waals surface area (Å²) in [7, 11) is 0. The number of nitrogens with one attached hydrogen (secondary N) is 1. The molecule has 0 aromatic heterocycles. The summed E-state index contributed by atoms with van der Waals surface area (Å²) in [5.74, 6) is 0.497. The molecule has 0 unspecified atom stereocenters. The van der Waals surface area contributed by atoms with Gasteiger partial charge in [0.2, 0.25) is 0 Å². The van der Waals surface area contributed by atoms with Crippen LogP contribution in [0.4, 0.5) is 5.69 Å². The van der Waals surface area contributed by atoms with Crippen molar-refractivity contribution in [3.63, 3.8) is 0 Å². The van der Waals surface area contributed by atoms with Crippen molar-refractivity contribution in [3.05, 3.63) is 56.1 Å². The minimum atomic E-state index is -0.187. The topological polar surface area (TPSA) is 38.3 Å². The van der Waals surface area contributed by atoms with Gasteiger partial charge in [-0.2, -0.15) is 0 Å². The van der Waals surface area contributed by atoms with Crippen molar-refractivity contribution >= 4 is 50.1 Å². The van der Waals surface area contributed by atoms with E-state index in [4.69, 9.17) is 4.74 Å². The van der Waals surface area contributed by atoms with Crippen LogP contribution in [-0.2, 0) is 4.79 Å². The first kappa shape index (κ1) is 15.3. The van der Waals surface area contributed by atoms with E-state index in [1.807, 2.05) is 49.4 Å². The second-order valence-corrected chi connectivity index (χ2v) is 6.37. The van der Waals surface area contributed by atoms with Crippen molar-refractivity contribution in [2.45, 2.75) is 6.92 Å². The number of amides is 1. The molecule has 2 aromatic rings. The maximum absolute atomic E-state index is 11.8. The Kier molecular flexibility index (Phi) is 5.42. The zero-order valence-electron chi connectivity index (χ0n) is 10.8. The second-order valence-electron chi connectivity index (χ2n) is 4.27. The SMILES string of the molecule is Cc1ccc(NC(=O)COc2ccc(I)cc2)c(Br)c1. The Morgan fingerprint density at radius 3 is 2.60 bits per heavy atom. The van der Waals surface area contributed by atoms with E-state index in [0.717, 1.165) is 19.3 Å². The Morgan fingerprint density at radius 1 is 1.25 bits per heavy atom. The lowest BCUT2D eigenvalue weighted by molar-refractivity contribution is -0.118. The number of hydrogen-bond acceptors (Lipinski definition) is 2. The lowest BCUT2D eigenvalue weighted by atomic mass is 10.2. The third kappa shape index (κ3) is 4.49.